The molecule has 2 aromatic rings. The van der Waals surface area contributed by atoms with E-state index in [1.807, 2.05) is 0 Å². The number of carbonyl (C=O) groups is 2. The van der Waals surface area contributed by atoms with Gasteiger partial charge in [-0.2, -0.15) is 4.31 Å². The van der Waals surface area contributed by atoms with Crippen molar-refractivity contribution in [2.45, 2.75) is 31.0 Å². The average Bonchev–Trinajstić information content (AvgIpc) is 2.81. The van der Waals surface area contributed by atoms with Gasteiger partial charge in [0, 0.05) is 13.1 Å². The number of nitrogens with zero attached hydrogens (tertiary/aromatic N) is 1. The Morgan fingerprint density at radius 3 is 2.52 bits per heavy atom. The molecule has 0 spiro atoms. The third-order valence-electron chi connectivity index (χ3n) is 5.13. The molecule has 1 fully saturated rings. The molecule has 11 heteroatoms. The number of benzene rings is 2. The molecule has 0 radical (unpaired) electrons. The van der Waals surface area contributed by atoms with Crippen LogP contribution in [0.5, 0.6) is 5.75 Å². The minimum Gasteiger partial charge on any atom is -0.497 e. The van der Waals surface area contributed by atoms with Crippen molar-refractivity contribution >= 4 is 21.8 Å². The van der Waals surface area contributed by atoms with Gasteiger partial charge in [-0.15, -0.1) is 0 Å². The highest BCUT2D eigenvalue weighted by molar-refractivity contribution is 7.89. The van der Waals surface area contributed by atoms with Gasteiger partial charge >= 0.3 is 11.8 Å². The van der Waals surface area contributed by atoms with E-state index in [-0.39, 0.29) is 30.1 Å². The topological polar surface area (TPSA) is 114 Å². The van der Waals surface area contributed by atoms with Crippen LogP contribution in [-0.4, -0.2) is 57.6 Å². The summed E-state index contributed by atoms with van der Waals surface area (Å²) in [7, 11) is -2.45. The maximum absolute atomic E-state index is 13.4. The largest absolute Gasteiger partial charge is 0.497 e. The van der Waals surface area contributed by atoms with E-state index in [9.17, 15) is 22.4 Å². The molecule has 0 bridgehead atoms. The molecule has 1 atom stereocenters. The molecular weight excluding hydrogens is 453 g/mol. The van der Waals surface area contributed by atoms with Crippen LogP contribution in [-0.2, 0) is 30.9 Å². The monoisotopic (exact) mass is 479 g/mol. The fourth-order valence-corrected chi connectivity index (χ4v) is 5.17. The lowest BCUT2D eigenvalue weighted by molar-refractivity contribution is -0.140. The number of amides is 2. The molecule has 0 saturated carbocycles. The van der Waals surface area contributed by atoms with Gasteiger partial charge in [-0.05, 0) is 54.8 Å². The summed E-state index contributed by atoms with van der Waals surface area (Å²) in [5, 5.41) is 4.93. The van der Waals surface area contributed by atoms with Crippen LogP contribution in [0.25, 0.3) is 0 Å². The fraction of sp³-hybridized carbons (Fsp3) is 0.364. The highest BCUT2D eigenvalue weighted by atomic mass is 32.2. The van der Waals surface area contributed by atoms with Crippen LogP contribution in [0.4, 0.5) is 4.39 Å². The van der Waals surface area contributed by atoms with Crippen LogP contribution < -0.4 is 15.4 Å². The number of ether oxygens (including phenoxy) is 2. The smallest absolute Gasteiger partial charge is 0.309 e. The first-order chi connectivity index (χ1) is 15.7. The van der Waals surface area contributed by atoms with Crippen molar-refractivity contribution in [2.75, 3.05) is 26.8 Å². The minimum absolute atomic E-state index is 0.0389. The van der Waals surface area contributed by atoms with Crippen molar-refractivity contribution in [1.29, 1.82) is 0 Å². The van der Waals surface area contributed by atoms with Gasteiger partial charge in [0.1, 0.15) is 17.8 Å². The lowest BCUT2D eigenvalue weighted by Crippen LogP contribution is -2.53. The molecule has 1 aliphatic heterocycles. The molecule has 2 N–H and O–H groups in total. The number of methoxy groups -OCH3 is 1. The van der Waals surface area contributed by atoms with Crippen molar-refractivity contribution in [2.24, 2.45) is 0 Å². The SMILES string of the molecule is COc1ccc(CNC(=O)C(=O)NC[C@H]2OCCCN2S(=O)(=O)c2ccc(F)cc2C)cc1. The number of aryl methyl sites for hydroxylation is 1. The number of carbonyl (C=O) groups excluding carboxylic acids is 2. The Labute approximate surface area is 191 Å². The molecule has 9 nitrogen and oxygen atoms in total. The van der Waals surface area contributed by atoms with E-state index in [2.05, 4.69) is 10.6 Å². The van der Waals surface area contributed by atoms with Gasteiger partial charge in [-0.25, -0.2) is 12.8 Å². The molecule has 1 saturated heterocycles. The quantitative estimate of drug-likeness (QED) is 0.579. The molecule has 3 rings (SSSR count). The summed E-state index contributed by atoms with van der Waals surface area (Å²) >= 11 is 0. The summed E-state index contributed by atoms with van der Waals surface area (Å²) < 4.78 is 51.4. The van der Waals surface area contributed by atoms with Crippen molar-refractivity contribution in [3.8, 4) is 5.75 Å². The van der Waals surface area contributed by atoms with Gasteiger partial charge in [-0.3, -0.25) is 9.59 Å². The molecule has 0 unspecified atom stereocenters. The Kier molecular flexibility index (Phi) is 8.01. The zero-order chi connectivity index (χ0) is 24.0. The van der Waals surface area contributed by atoms with Gasteiger partial charge in [0.05, 0.1) is 25.2 Å². The summed E-state index contributed by atoms with van der Waals surface area (Å²) in [6.07, 6.45) is -0.529. The highest BCUT2D eigenvalue weighted by Gasteiger charge is 2.35. The Balaban J connectivity index is 1.60. The summed E-state index contributed by atoms with van der Waals surface area (Å²) in [4.78, 5) is 24.3. The van der Waals surface area contributed by atoms with E-state index < -0.39 is 33.9 Å². The number of hydrogen-bond acceptors (Lipinski definition) is 6. The molecule has 1 heterocycles. The number of sulfonamides is 1. The second-order valence-corrected chi connectivity index (χ2v) is 9.30. The van der Waals surface area contributed by atoms with E-state index in [0.717, 1.165) is 22.0 Å². The Morgan fingerprint density at radius 2 is 1.85 bits per heavy atom. The van der Waals surface area contributed by atoms with Crippen LogP contribution in [0.3, 0.4) is 0 Å². The Hall–Kier alpha value is -3.02. The van der Waals surface area contributed by atoms with Crippen molar-refractivity contribution in [3.63, 3.8) is 0 Å². The minimum atomic E-state index is -4.00. The van der Waals surface area contributed by atoms with Crippen LogP contribution in [0, 0.1) is 12.7 Å². The van der Waals surface area contributed by atoms with Crippen LogP contribution in [0.15, 0.2) is 47.4 Å². The van der Waals surface area contributed by atoms with Gasteiger partial charge in [0.25, 0.3) is 0 Å². The molecule has 178 valence electrons. The second-order valence-electron chi connectivity index (χ2n) is 7.45. The molecule has 2 amide bonds. The lowest BCUT2D eigenvalue weighted by atomic mass is 10.2. The van der Waals surface area contributed by atoms with Crippen LogP contribution in [0.2, 0.25) is 0 Å². The van der Waals surface area contributed by atoms with Gasteiger partial charge in [0.15, 0.2) is 0 Å². The van der Waals surface area contributed by atoms with Crippen molar-refractivity contribution in [1.82, 2.24) is 14.9 Å². The number of nitrogens with one attached hydrogen (secondary N) is 2. The van der Waals surface area contributed by atoms with Crippen molar-refractivity contribution in [3.05, 3.63) is 59.4 Å². The fourth-order valence-electron chi connectivity index (χ4n) is 3.40. The second kappa shape index (κ2) is 10.7. The molecule has 1 aliphatic rings. The first kappa shape index (κ1) is 24.6. The van der Waals surface area contributed by atoms with Gasteiger partial charge in [-0.1, -0.05) is 12.1 Å². The third kappa shape index (κ3) is 6.06. The molecule has 33 heavy (non-hydrogen) atoms. The molecular formula is C22H26FN3O6S. The van der Waals surface area contributed by atoms with E-state index >= 15 is 0 Å². The van der Waals surface area contributed by atoms with E-state index in [1.165, 1.54) is 13.0 Å². The number of halogens is 1. The number of rotatable bonds is 7. The van der Waals surface area contributed by atoms with E-state index in [4.69, 9.17) is 9.47 Å². The number of hydrogen-bond donors (Lipinski definition) is 2. The lowest BCUT2D eigenvalue weighted by Gasteiger charge is -2.34. The Morgan fingerprint density at radius 1 is 1.15 bits per heavy atom. The zero-order valence-corrected chi connectivity index (χ0v) is 19.2. The maximum Gasteiger partial charge on any atom is 0.309 e. The first-order valence-corrected chi connectivity index (χ1v) is 11.7. The standard InChI is InChI=1S/C22H26FN3O6S/c1-15-12-17(23)6-9-19(15)33(29,30)26-10-3-11-32-20(26)14-25-22(28)21(27)24-13-16-4-7-18(31-2)8-5-16/h4-9,12,20H,3,10-11,13-14H2,1-2H3,(H,24,27)(H,25,28)/t20-/m1/s1. The normalized spacial score (nSPS) is 16.8. The predicted octanol–water partition coefficient (Wildman–Crippen LogP) is 1.31. The summed E-state index contributed by atoms with van der Waals surface area (Å²) in [6.45, 7) is 1.90. The Bertz CT molecular complexity index is 1110. The van der Waals surface area contributed by atoms with Crippen molar-refractivity contribution < 1.29 is 31.9 Å². The summed E-state index contributed by atoms with van der Waals surface area (Å²) in [6, 6.07) is 10.4. The highest BCUT2D eigenvalue weighted by Crippen LogP contribution is 2.25. The van der Waals surface area contributed by atoms with Gasteiger partial charge < -0.3 is 20.1 Å². The molecule has 0 aromatic heterocycles. The van der Waals surface area contributed by atoms with Crippen LogP contribution in [0.1, 0.15) is 17.5 Å². The third-order valence-corrected chi connectivity index (χ3v) is 7.18. The summed E-state index contributed by atoms with van der Waals surface area (Å²) in [5.41, 5.74) is 1.04. The average molecular weight is 480 g/mol. The molecule has 2 aromatic carbocycles. The summed E-state index contributed by atoms with van der Waals surface area (Å²) in [5.74, 6) is -1.63. The van der Waals surface area contributed by atoms with Gasteiger partial charge in [0.2, 0.25) is 10.0 Å². The first-order valence-electron chi connectivity index (χ1n) is 10.3. The van der Waals surface area contributed by atoms with E-state index in [1.54, 1.807) is 31.4 Å². The zero-order valence-electron chi connectivity index (χ0n) is 18.3. The maximum atomic E-state index is 13.4. The van der Waals surface area contributed by atoms with Crippen LogP contribution >= 0.6 is 0 Å². The van der Waals surface area contributed by atoms with E-state index in [0.29, 0.717) is 18.8 Å². The molecule has 0 aliphatic carbocycles. The predicted molar refractivity (Wildman–Crippen MR) is 117 cm³/mol.